The largest absolute Gasteiger partial charge is 0.369 e. The molecule has 0 aromatic heterocycles. The Bertz CT molecular complexity index is 204. The molecule has 0 bridgehead atoms. The summed E-state index contributed by atoms with van der Waals surface area (Å²) in [6, 6.07) is 0. The SMILES string of the molecule is CCCCC(=NC(C)(C)C)NC(C)(C)C. The highest BCUT2D eigenvalue weighted by Crippen LogP contribution is 2.10. The zero-order valence-electron chi connectivity index (χ0n) is 11.6. The summed E-state index contributed by atoms with van der Waals surface area (Å²) < 4.78 is 0. The van der Waals surface area contributed by atoms with Crippen molar-refractivity contribution in [1.29, 1.82) is 0 Å². The molecule has 0 aromatic rings. The third-order valence-corrected chi connectivity index (χ3v) is 1.76. The van der Waals surface area contributed by atoms with Gasteiger partial charge in [-0.1, -0.05) is 13.3 Å². The van der Waals surface area contributed by atoms with Crippen molar-refractivity contribution in [1.82, 2.24) is 5.32 Å². The van der Waals surface area contributed by atoms with Crippen LogP contribution in [0.2, 0.25) is 0 Å². The van der Waals surface area contributed by atoms with Gasteiger partial charge >= 0.3 is 0 Å². The second-order valence-electron chi connectivity index (χ2n) is 6.21. The van der Waals surface area contributed by atoms with Crippen LogP contribution in [0.25, 0.3) is 0 Å². The maximum absolute atomic E-state index is 4.74. The summed E-state index contributed by atoms with van der Waals surface area (Å²) in [6.07, 6.45) is 3.48. The predicted molar refractivity (Wildman–Crippen MR) is 69.6 cm³/mol. The van der Waals surface area contributed by atoms with Gasteiger partial charge in [0.1, 0.15) is 0 Å². The van der Waals surface area contributed by atoms with Crippen molar-refractivity contribution in [2.24, 2.45) is 4.99 Å². The van der Waals surface area contributed by atoms with Crippen LogP contribution in [0.3, 0.4) is 0 Å². The van der Waals surface area contributed by atoms with E-state index in [0.29, 0.717) is 0 Å². The lowest BCUT2D eigenvalue weighted by Gasteiger charge is -2.26. The Morgan fingerprint density at radius 1 is 1.07 bits per heavy atom. The minimum absolute atomic E-state index is 0.0152. The number of unbranched alkanes of at least 4 members (excludes halogenated alkanes) is 1. The van der Waals surface area contributed by atoms with Crippen molar-refractivity contribution in [3.63, 3.8) is 0 Å². The summed E-state index contributed by atoms with van der Waals surface area (Å²) >= 11 is 0. The molecule has 0 aliphatic rings. The standard InChI is InChI=1S/C13H28N2/c1-8-9-10-11(14-12(2,3)4)15-13(5,6)7/h8-10H2,1-7H3,(H,14,15). The first kappa shape index (κ1) is 14.5. The van der Waals surface area contributed by atoms with Crippen molar-refractivity contribution in [2.45, 2.75) is 78.8 Å². The highest BCUT2D eigenvalue weighted by molar-refractivity contribution is 5.83. The van der Waals surface area contributed by atoms with Crippen molar-refractivity contribution in [3.05, 3.63) is 0 Å². The molecular weight excluding hydrogens is 184 g/mol. The van der Waals surface area contributed by atoms with Gasteiger partial charge in [-0.15, -0.1) is 0 Å². The highest BCUT2D eigenvalue weighted by Gasteiger charge is 2.15. The van der Waals surface area contributed by atoms with Crippen LogP contribution in [0.4, 0.5) is 0 Å². The number of nitrogens with zero attached hydrogens (tertiary/aromatic N) is 1. The molecule has 0 amide bonds. The fourth-order valence-electron chi connectivity index (χ4n) is 1.33. The molecule has 2 nitrogen and oxygen atoms in total. The average molecular weight is 212 g/mol. The molecule has 0 aliphatic carbocycles. The van der Waals surface area contributed by atoms with Gasteiger partial charge in [-0.25, -0.2) is 0 Å². The number of amidine groups is 1. The summed E-state index contributed by atoms with van der Waals surface area (Å²) in [4.78, 5) is 4.74. The normalized spacial score (nSPS) is 14.2. The number of hydrogen-bond donors (Lipinski definition) is 1. The van der Waals surface area contributed by atoms with Gasteiger partial charge in [0, 0.05) is 12.0 Å². The van der Waals surface area contributed by atoms with E-state index in [9.17, 15) is 0 Å². The molecule has 0 atom stereocenters. The van der Waals surface area contributed by atoms with E-state index in [0.717, 1.165) is 12.3 Å². The van der Waals surface area contributed by atoms with Crippen LogP contribution in [0, 0.1) is 0 Å². The zero-order chi connectivity index (χ0) is 12.1. The topological polar surface area (TPSA) is 24.4 Å². The monoisotopic (exact) mass is 212 g/mol. The summed E-state index contributed by atoms with van der Waals surface area (Å²) in [5.41, 5.74) is 0.124. The summed E-state index contributed by atoms with van der Waals surface area (Å²) in [7, 11) is 0. The fraction of sp³-hybridized carbons (Fsp3) is 0.923. The maximum Gasteiger partial charge on any atom is 0.0973 e. The van der Waals surface area contributed by atoms with Gasteiger partial charge in [0.15, 0.2) is 0 Å². The van der Waals surface area contributed by atoms with Crippen molar-refractivity contribution in [2.75, 3.05) is 0 Å². The molecule has 15 heavy (non-hydrogen) atoms. The van der Waals surface area contributed by atoms with Gasteiger partial charge in [0.05, 0.1) is 11.4 Å². The van der Waals surface area contributed by atoms with Crippen molar-refractivity contribution in [3.8, 4) is 0 Å². The molecule has 0 unspecified atom stereocenters. The Kier molecular flexibility index (Phi) is 5.33. The predicted octanol–water partition coefficient (Wildman–Crippen LogP) is 3.76. The first-order valence-corrected chi connectivity index (χ1v) is 6.01. The zero-order valence-corrected chi connectivity index (χ0v) is 11.6. The molecule has 0 saturated carbocycles. The quantitative estimate of drug-likeness (QED) is 0.559. The van der Waals surface area contributed by atoms with Crippen molar-refractivity contribution < 1.29 is 0 Å². The average Bonchev–Trinajstić information content (AvgIpc) is 1.94. The van der Waals surface area contributed by atoms with E-state index >= 15 is 0 Å². The van der Waals surface area contributed by atoms with Crippen LogP contribution in [-0.4, -0.2) is 16.9 Å². The van der Waals surface area contributed by atoms with Crippen LogP contribution < -0.4 is 5.32 Å². The van der Waals surface area contributed by atoms with Gasteiger partial charge in [-0.2, -0.15) is 0 Å². The molecule has 0 heterocycles. The third-order valence-electron chi connectivity index (χ3n) is 1.76. The Morgan fingerprint density at radius 3 is 1.93 bits per heavy atom. The van der Waals surface area contributed by atoms with Crippen LogP contribution in [0.5, 0.6) is 0 Å². The Labute approximate surface area is 95.6 Å². The first-order valence-electron chi connectivity index (χ1n) is 6.01. The Morgan fingerprint density at radius 2 is 1.60 bits per heavy atom. The van der Waals surface area contributed by atoms with Crippen molar-refractivity contribution >= 4 is 5.84 Å². The van der Waals surface area contributed by atoms with Gasteiger partial charge in [-0.05, 0) is 48.0 Å². The number of nitrogens with one attached hydrogen (secondary N) is 1. The lowest BCUT2D eigenvalue weighted by molar-refractivity contribution is 0.493. The van der Waals surface area contributed by atoms with E-state index < -0.39 is 0 Å². The molecule has 0 radical (unpaired) electrons. The second-order valence-corrected chi connectivity index (χ2v) is 6.21. The lowest BCUT2D eigenvalue weighted by Crippen LogP contribution is -2.41. The first-order chi connectivity index (χ1) is 6.64. The van der Waals surface area contributed by atoms with Gasteiger partial charge in [0.25, 0.3) is 0 Å². The van der Waals surface area contributed by atoms with Gasteiger partial charge in [0.2, 0.25) is 0 Å². The molecule has 1 N–H and O–H groups in total. The number of aliphatic imine (C=N–C) groups is 1. The third kappa shape index (κ3) is 9.77. The smallest absolute Gasteiger partial charge is 0.0973 e. The molecule has 0 rings (SSSR count). The van der Waals surface area contributed by atoms with Crippen LogP contribution in [-0.2, 0) is 0 Å². The lowest BCUT2D eigenvalue weighted by atomic mass is 10.1. The summed E-state index contributed by atoms with van der Waals surface area (Å²) in [5, 5.41) is 3.50. The summed E-state index contributed by atoms with van der Waals surface area (Å²) in [5.74, 6) is 1.15. The number of hydrogen-bond acceptors (Lipinski definition) is 1. The van der Waals surface area contributed by atoms with Gasteiger partial charge in [-0.3, -0.25) is 4.99 Å². The summed E-state index contributed by atoms with van der Waals surface area (Å²) in [6.45, 7) is 15.2. The molecular formula is C13H28N2. The van der Waals surface area contributed by atoms with E-state index in [4.69, 9.17) is 4.99 Å². The molecule has 0 aliphatic heterocycles. The minimum atomic E-state index is 0.0152. The molecule has 0 spiro atoms. The molecule has 2 heteroatoms. The highest BCUT2D eigenvalue weighted by atomic mass is 15.1. The van der Waals surface area contributed by atoms with E-state index in [1.54, 1.807) is 0 Å². The molecule has 90 valence electrons. The second kappa shape index (κ2) is 5.53. The van der Waals surface area contributed by atoms with E-state index in [-0.39, 0.29) is 11.1 Å². The number of rotatable bonds is 3. The molecule has 0 saturated heterocycles. The van der Waals surface area contributed by atoms with E-state index in [1.807, 2.05) is 0 Å². The van der Waals surface area contributed by atoms with E-state index in [1.165, 1.54) is 12.8 Å². The van der Waals surface area contributed by atoms with Crippen LogP contribution >= 0.6 is 0 Å². The fourth-order valence-corrected chi connectivity index (χ4v) is 1.33. The van der Waals surface area contributed by atoms with Gasteiger partial charge < -0.3 is 5.32 Å². The molecule has 0 aromatic carbocycles. The minimum Gasteiger partial charge on any atom is -0.369 e. The van der Waals surface area contributed by atoms with Crippen LogP contribution in [0.15, 0.2) is 4.99 Å². The Hall–Kier alpha value is -0.530. The van der Waals surface area contributed by atoms with E-state index in [2.05, 4.69) is 53.8 Å². The maximum atomic E-state index is 4.74. The Balaban J connectivity index is 4.52. The molecule has 0 fully saturated rings. The van der Waals surface area contributed by atoms with Crippen LogP contribution in [0.1, 0.15) is 67.7 Å².